The van der Waals surface area contributed by atoms with Crippen LogP contribution in [-0.2, 0) is 0 Å². The summed E-state index contributed by atoms with van der Waals surface area (Å²) in [4.78, 5) is 0. The molecule has 0 aromatic heterocycles. The number of nitrogens with one attached hydrogen (secondary N) is 1. The van der Waals surface area contributed by atoms with Gasteiger partial charge in [0, 0.05) is 6.07 Å². The second kappa shape index (κ2) is 5.63. The molecular formula is C12H7Cl4FN2. The summed E-state index contributed by atoms with van der Waals surface area (Å²) in [6.07, 6.45) is 0. The van der Waals surface area contributed by atoms with Crippen LogP contribution in [0.2, 0.25) is 20.1 Å². The maximum absolute atomic E-state index is 13.4. The second-order valence-electron chi connectivity index (χ2n) is 3.72. The fraction of sp³-hybridized carbons (Fsp3) is 0. The van der Waals surface area contributed by atoms with Gasteiger partial charge in [-0.15, -0.1) is 0 Å². The highest BCUT2D eigenvalue weighted by atomic mass is 35.5. The summed E-state index contributed by atoms with van der Waals surface area (Å²) in [5.74, 6) is -0.588. The summed E-state index contributed by atoms with van der Waals surface area (Å²) in [5.41, 5.74) is 6.82. The molecule has 0 aliphatic heterocycles. The van der Waals surface area contributed by atoms with Crippen molar-refractivity contribution in [3.63, 3.8) is 0 Å². The van der Waals surface area contributed by atoms with Crippen LogP contribution < -0.4 is 11.1 Å². The lowest BCUT2D eigenvalue weighted by atomic mass is 10.2. The highest BCUT2D eigenvalue weighted by Gasteiger charge is 2.10. The average molecular weight is 340 g/mol. The zero-order valence-electron chi connectivity index (χ0n) is 9.28. The van der Waals surface area contributed by atoms with E-state index in [0.717, 1.165) is 0 Å². The zero-order valence-corrected chi connectivity index (χ0v) is 12.3. The van der Waals surface area contributed by atoms with Gasteiger partial charge in [0.1, 0.15) is 5.82 Å². The molecule has 7 heteroatoms. The summed E-state index contributed by atoms with van der Waals surface area (Å²) in [6, 6.07) is 5.50. The summed E-state index contributed by atoms with van der Waals surface area (Å²) in [7, 11) is 0. The lowest BCUT2D eigenvalue weighted by molar-refractivity contribution is 0.629. The maximum Gasteiger partial charge on any atom is 0.144 e. The van der Waals surface area contributed by atoms with Crippen molar-refractivity contribution >= 4 is 63.5 Å². The van der Waals surface area contributed by atoms with Gasteiger partial charge in [0.2, 0.25) is 0 Å². The summed E-state index contributed by atoms with van der Waals surface area (Å²) in [6.45, 7) is 0. The Morgan fingerprint density at radius 2 is 1.42 bits per heavy atom. The van der Waals surface area contributed by atoms with Crippen LogP contribution in [0.3, 0.4) is 0 Å². The molecule has 2 nitrogen and oxygen atoms in total. The first-order valence-electron chi connectivity index (χ1n) is 5.04. The van der Waals surface area contributed by atoms with Crippen LogP contribution >= 0.6 is 46.4 Å². The van der Waals surface area contributed by atoms with E-state index in [0.29, 0.717) is 26.4 Å². The van der Waals surface area contributed by atoms with Crippen molar-refractivity contribution in [3.8, 4) is 0 Å². The van der Waals surface area contributed by atoms with E-state index >= 15 is 0 Å². The van der Waals surface area contributed by atoms with Crippen LogP contribution in [0.1, 0.15) is 0 Å². The topological polar surface area (TPSA) is 38.0 Å². The van der Waals surface area contributed by atoms with E-state index < -0.39 is 5.82 Å². The Bertz CT molecular complexity index is 591. The van der Waals surface area contributed by atoms with Crippen LogP contribution in [0.15, 0.2) is 24.3 Å². The number of anilines is 3. The monoisotopic (exact) mass is 338 g/mol. The predicted octanol–water partition coefficient (Wildman–Crippen LogP) is 5.77. The molecule has 0 unspecified atom stereocenters. The van der Waals surface area contributed by atoms with Crippen molar-refractivity contribution in [3.05, 3.63) is 50.2 Å². The Morgan fingerprint density at radius 3 is 2.11 bits per heavy atom. The number of rotatable bonds is 2. The number of hydrogen-bond acceptors (Lipinski definition) is 2. The molecular weight excluding hydrogens is 333 g/mol. The Morgan fingerprint density at radius 1 is 0.789 bits per heavy atom. The fourth-order valence-electron chi connectivity index (χ4n) is 1.43. The smallest absolute Gasteiger partial charge is 0.144 e. The van der Waals surface area contributed by atoms with E-state index in [1.165, 1.54) is 24.3 Å². The van der Waals surface area contributed by atoms with Crippen molar-refractivity contribution in [2.45, 2.75) is 0 Å². The maximum atomic E-state index is 13.4. The van der Waals surface area contributed by atoms with Crippen molar-refractivity contribution in [2.75, 3.05) is 11.1 Å². The van der Waals surface area contributed by atoms with Gasteiger partial charge in [-0.25, -0.2) is 4.39 Å². The van der Waals surface area contributed by atoms with E-state index in [4.69, 9.17) is 52.1 Å². The normalized spacial score (nSPS) is 10.6. The van der Waals surface area contributed by atoms with Gasteiger partial charge in [0.05, 0.1) is 37.2 Å². The Hall–Kier alpha value is -0.870. The Labute approximate surface area is 129 Å². The van der Waals surface area contributed by atoms with Gasteiger partial charge in [0.15, 0.2) is 0 Å². The molecule has 0 radical (unpaired) electrons. The van der Waals surface area contributed by atoms with Crippen LogP contribution in [0.5, 0.6) is 0 Å². The Kier molecular flexibility index (Phi) is 4.31. The molecule has 2 rings (SSSR count). The third-order valence-electron chi connectivity index (χ3n) is 2.37. The quantitative estimate of drug-likeness (QED) is 0.538. The van der Waals surface area contributed by atoms with Gasteiger partial charge in [-0.1, -0.05) is 46.4 Å². The first kappa shape index (κ1) is 14.5. The molecule has 19 heavy (non-hydrogen) atoms. The number of halogens is 5. The molecule has 0 saturated heterocycles. The summed E-state index contributed by atoms with van der Waals surface area (Å²) in [5, 5.41) is 3.81. The van der Waals surface area contributed by atoms with Gasteiger partial charge in [-0.05, 0) is 18.2 Å². The molecule has 0 fully saturated rings. The molecule has 0 aliphatic rings. The standard InChI is InChI=1S/C12H7Cl4FN2/c13-5-1-8(16)11(3-6(5)14)19-12-4-9(17)7(15)2-10(12)18/h1-4,19H,18H2. The van der Waals surface area contributed by atoms with Crippen molar-refractivity contribution in [2.24, 2.45) is 0 Å². The number of nitrogens with two attached hydrogens (primary N) is 1. The van der Waals surface area contributed by atoms with E-state index in [1.54, 1.807) is 0 Å². The van der Waals surface area contributed by atoms with Crippen molar-refractivity contribution in [1.29, 1.82) is 0 Å². The third-order valence-corrected chi connectivity index (χ3v) is 3.70. The first-order valence-corrected chi connectivity index (χ1v) is 6.55. The zero-order chi connectivity index (χ0) is 14.2. The van der Waals surface area contributed by atoms with Crippen molar-refractivity contribution < 1.29 is 4.39 Å². The minimum Gasteiger partial charge on any atom is -0.397 e. The van der Waals surface area contributed by atoms with E-state index in [2.05, 4.69) is 5.32 Å². The molecule has 0 amide bonds. The Balaban J connectivity index is 2.42. The highest BCUT2D eigenvalue weighted by molar-refractivity contribution is 6.44. The van der Waals surface area contributed by atoms with Crippen LogP contribution in [0.4, 0.5) is 21.5 Å². The van der Waals surface area contributed by atoms with E-state index in [1.807, 2.05) is 0 Å². The molecule has 0 heterocycles. The largest absolute Gasteiger partial charge is 0.397 e. The number of nitrogen functional groups attached to an aromatic ring is 1. The summed E-state index contributed by atoms with van der Waals surface area (Å²) >= 11 is 23.3. The molecule has 2 aromatic rings. The molecule has 0 aliphatic carbocycles. The minimum atomic E-state index is -0.588. The van der Waals surface area contributed by atoms with Crippen LogP contribution in [0, 0.1) is 5.82 Å². The van der Waals surface area contributed by atoms with Crippen LogP contribution in [0.25, 0.3) is 0 Å². The van der Waals surface area contributed by atoms with Gasteiger partial charge >= 0.3 is 0 Å². The average Bonchev–Trinajstić information content (AvgIpc) is 2.32. The van der Waals surface area contributed by atoms with Crippen molar-refractivity contribution in [1.82, 2.24) is 0 Å². The lowest BCUT2D eigenvalue weighted by Gasteiger charge is -2.12. The van der Waals surface area contributed by atoms with E-state index in [-0.39, 0.29) is 10.7 Å². The van der Waals surface area contributed by atoms with Gasteiger partial charge in [-0.3, -0.25) is 0 Å². The molecule has 2 aromatic carbocycles. The van der Waals surface area contributed by atoms with Gasteiger partial charge in [-0.2, -0.15) is 0 Å². The fourth-order valence-corrected chi connectivity index (χ4v) is 2.20. The lowest BCUT2D eigenvalue weighted by Crippen LogP contribution is -1.98. The first-order chi connectivity index (χ1) is 8.88. The highest BCUT2D eigenvalue weighted by Crippen LogP contribution is 2.36. The number of hydrogen-bond donors (Lipinski definition) is 2. The molecule has 0 bridgehead atoms. The van der Waals surface area contributed by atoms with Crippen LogP contribution in [-0.4, -0.2) is 0 Å². The predicted molar refractivity (Wildman–Crippen MR) is 80.6 cm³/mol. The van der Waals surface area contributed by atoms with Gasteiger partial charge < -0.3 is 11.1 Å². The van der Waals surface area contributed by atoms with E-state index in [9.17, 15) is 4.39 Å². The third kappa shape index (κ3) is 3.18. The minimum absolute atomic E-state index is 0.0525. The van der Waals surface area contributed by atoms with Gasteiger partial charge in [0.25, 0.3) is 0 Å². The summed E-state index contributed by atoms with van der Waals surface area (Å²) < 4.78 is 13.4. The number of benzene rings is 2. The molecule has 3 N–H and O–H groups in total. The molecule has 0 atom stereocenters. The second-order valence-corrected chi connectivity index (χ2v) is 5.35. The molecule has 0 saturated carbocycles. The molecule has 100 valence electrons. The molecule has 0 spiro atoms. The SMILES string of the molecule is Nc1cc(Cl)c(F)cc1Nc1cc(Cl)c(Cl)cc1Cl.